The largest absolute Gasteiger partial charge is 0.508 e. The number of hydrogen-bond donors (Lipinski definition) is 5. The monoisotopic (exact) mass is 688 g/mol. The van der Waals surface area contributed by atoms with Gasteiger partial charge in [-0.1, -0.05) is 97.1 Å². The van der Waals surface area contributed by atoms with E-state index in [2.05, 4.69) is 21.5 Å². The number of phenols is 1. The van der Waals surface area contributed by atoms with Gasteiger partial charge in [0.05, 0.1) is 12.6 Å². The number of hydrogen-bond acceptors (Lipinski definition) is 7. The third-order valence-corrected chi connectivity index (χ3v) is 8.86. The van der Waals surface area contributed by atoms with Crippen LogP contribution in [0.2, 0.25) is 0 Å². The van der Waals surface area contributed by atoms with Gasteiger partial charge in [-0.15, -0.1) is 0 Å². The van der Waals surface area contributed by atoms with E-state index in [0.29, 0.717) is 19.4 Å². The molecule has 0 radical (unpaired) electrons. The molecule has 4 amide bonds. The highest BCUT2D eigenvalue weighted by atomic mass is 16.3. The van der Waals surface area contributed by atoms with Crippen molar-refractivity contribution in [3.05, 3.63) is 138 Å². The molecule has 1 aliphatic heterocycles. The van der Waals surface area contributed by atoms with E-state index in [1.54, 1.807) is 43.4 Å². The maximum Gasteiger partial charge on any atom is 0.256 e. The van der Waals surface area contributed by atoms with Gasteiger partial charge in [0, 0.05) is 31.8 Å². The normalized spacial score (nSPS) is 15.3. The maximum atomic E-state index is 13.9. The summed E-state index contributed by atoms with van der Waals surface area (Å²) in [4.78, 5) is 56.6. The summed E-state index contributed by atoms with van der Waals surface area (Å²) in [6.07, 6.45) is 4.35. The van der Waals surface area contributed by atoms with Crippen LogP contribution >= 0.6 is 0 Å². The summed E-state index contributed by atoms with van der Waals surface area (Å²) in [7, 11) is 1.64. The smallest absolute Gasteiger partial charge is 0.256 e. The first-order valence-corrected chi connectivity index (χ1v) is 17.0. The van der Waals surface area contributed by atoms with E-state index < -0.39 is 29.9 Å². The van der Waals surface area contributed by atoms with Crippen LogP contribution in [-0.2, 0) is 38.4 Å². The van der Waals surface area contributed by atoms with Crippen molar-refractivity contribution < 1.29 is 24.3 Å². The van der Waals surface area contributed by atoms with Gasteiger partial charge in [-0.25, -0.2) is 5.43 Å². The Kier molecular flexibility index (Phi) is 12.7. The lowest BCUT2D eigenvalue weighted by Crippen LogP contribution is -2.57. The molecule has 0 saturated carbocycles. The van der Waals surface area contributed by atoms with Gasteiger partial charge in [-0.2, -0.15) is 0 Å². The SMILES string of the molecule is CN[C@@H](C)C(=O)N[C@@H](Cc1ccc(O)cc1)C(=O)NNCC(=O)N1C=CN(CCc2ccccc2)C(=O)[C@@H]1Cc1ccc(-c2ccccc2)cc1. The number of carbonyl (C=O) groups is 4. The number of hydrazine groups is 1. The standard InChI is InChI=1S/C40H44N6O5/c1-28(41-2)38(49)43-35(25-30-15-19-34(47)20-16-30)39(50)44-42-27-37(48)46-24-23-45(22-21-29-9-5-3-6-10-29)40(51)36(46)26-31-13-17-33(18-14-31)32-11-7-4-8-12-32/h3-20,23-24,28,35-36,41-42,47H,21-22,25-27H2,1-2H3,(H,43,49)(H,44,50)/t28-,35-,36-/m0/s1. The average Bonchev–Trinajstić information content (AvgIpc) is 3.16. The van der Waals surface area contributed by atoms with Crippen LogP contribution in [0.4, 0.5) is 0 Å². The average molecular weight is 689 g/mol. The lowest BCUT2D eigenvalue weighted by Gasteiger charge is -2.36. The van der Waals surface area contributed by atoms with Crippen LogP contribution in [0.15, 0.2) is 122 Å². The molecule has 1 heterocycles. The van der Waals surface area contributed by atoms with E-state index in [0.717, 1.165) is 27.8 Å². The summed E-state index contributed by atoms with van der Waals surface area (Å²) in [6, 6.07) is 31.9. The van der Waals surface area contributed by atoms with Gasteiger partial charge in [0.25, 0.3) is 5.91 Å². The Hall–Kier alpha value is -5.78. The third-order valence-electron chi connectivity index (χ3n) is 8.86. The van der Waals surface area contributed by atoms with E-state index in [1.165, 1.54) is 17.0 Å². The molecule has 0 unspecified atom stereocenters. The van der Waals surface area contributed by atoms with Crippen LogP contribution in [0.5, 0.6) is 5.75 Å². The third kappa shape index (κ3) is 10.1. The predicted octanol–water partition coefficient (Wildman–Crippen LogP) is 3.31. The molecule has 0 saturated heterocycles. The molecule has 1 aliphatic rings. The van der Waals surface area contributed by atoms with Crippen molar-refractivity contribution in [1.29, 1.82) is 0 Å². The topological polar surface area (TPSA) is 143 Å². The molecule has 5 N–H and O–H groups in total. The summed E-state index contributed by atoms with van der Waals surface area (Å²) >= 11 is 0. The van der Waals surface area contributed by atoms with Crippen molar-refractivity contribution in [3.63, 3.8) is 0 Å². The molecular weight excluding hydrogens is 644 g/mol. The number of amides is 4. The minimum absolute atomic E-state index is 0.0832. The number of carbonyl (C=O) groups excluding carboxylic acids is 4. The molecule has 3 atom stereocenters. The highest BCUT2D eigenvalue weighted by Gasteiger charge is 2.35. The first-order valence-electron chi connectivity index (χ1n) is 17.0. The van der Waals surface area contributed by atoms with Gasteiger partial charge < -0.3 is 25.5 Å². The van der Waals surface area contributed by atoms with Crippen molar-refractivity contribution in [2.45, 2.75) is 44.3 Å². The molecule has 0 bridgehead atoms. The molecule has 0 fully saturated rings. The number of phenolic OH excluding ortho intramolecular Hbond substituents is 1. The number of nitrogens with zero attached hydrogens (tertiary/aromatic N) is 2. The minimum atomic E-state index is -0.971. The van der Waals surface area contributed by atoms with Gasteiger partial charge in [-0.3, -0.25) is 24.6 Å². The summed E-state index contributed by atoms with van der Waals surface area (Å²) in [5.41, 5.74) is 10.1. The second-order valence-electron chi connectivity index (χ2n) is 12.4. The first kappa shape index (κ1) is 36.5. The molecule has 4 aromatic carbocycles. The molecular formula is C40H44N6O5. The number of benzene rings is 4. The molecule has 4 aromatic rings. The van der Waals surface area contributed by atoms with Gasteiger partial charge in [0.1, 0.15) is 17.8 Å². The molecule has 0 spiro atoms. The van der Waals surface area contributed by atoms with Crippen LogP contribution < -0.4 is 21.5 Å². The summed E-state index contributed by atoms with van der Waals surface area (Å²) < 4.78 is 0. The van der Waals surface area contributed by atoms with Crippen LogP contribution in [0.25, 0.3) is 11.1 Å². The van der Waals surface area contributed by atoms with Gasteiger partial charge in [0.15, 0.2) is 0 Å². The Morgan fingerprint density at radius 1 is 0.765 bits per heavy atom. The molecule has 11 nitrogen and oxygen atoms in total. The molecule has 5 rings (SSSR count). The quantitative estimate of drug-likeness (QED) is 0.121. The molecule has 11 heteroatoms. The minimum Gasteiger partial charge on any atom is -0.508 e. The lowest BCUT2D eigenvalue weighted by molar-refractivity contribution is -0.143. The molecule has 264 valence electrons. The van der Waals surface area contributed by atoms with Gasteiger partial charge >= 0.3 is 0 Å². The fourth-order valence-corrected chi connectivity index (χ4v) is 5.74. The van der Waals surface area contributed by atoms with E-state index in [9.17, 15) is 24.3 Å². The second kappa shape index (κ2) is 17.7. The summed E-state index contributed by atoms with van der Waals surface area (Å²) in [6.45, 7) is 1.83. The number of likely N-dealkylation sites (N-methyl/N-ethyl adjacent to an activating group) is 1. The fourth-order valence-electron chi connectivity index (χ4n) is 5.74. The summed E-state index contributed by atoms with van der Waals surface area (Å²) in [5, 5.41) is 15.2. The van der Waals surface area contributed by atoms with Crippen LogP contribution in [0.3, 0.4) is 0 Å². The molecule has 0 aromatic heterocycles. The Balaban J connectivity index is 1.27. The van der Waals surface area contributed by atoms with Crippen LogP contribution in [0.1, 0.15) is 23.6 Å². The second-order valence-corrected chi connectivity index (χ2v) is 12.4. The number of aromatic hydroxyl groups is 1. The Labute approximate surface area is 298 Å². The van der Waals surface area contributed by atoms with Crippen molar-refractivity contribution in [1.82, 2.24) is 31.3 Å². The molecule has 0 aliphatic carbocycles. The van der Waals surface area contributed by atoms with Gasteiger partial charge in [-0.05, 0) is 60.3 Å². The Morgan fingerprint density at radius 2 is 1.39 bits per heavy atom. The van der Waals surface area contributed by atoms with Crippen LogP contribution in [0, 0.1) is 0 Å². The predicted molar refractivity (Wildman–Crippen MR) is 196 cm³/mol. The highest BCUT2D eigenvalue weighted by molar-refractivity contribution is 5.92. The van der Waals surface area contributed by atoms with Crippen molar-refractivity contribution in [2.24, 2.45) is 0 Å². The lowest BCUT2D eigenvalue weighted by atomic mass is 9.98. The first-order chi connectivity index (χ1) is 24.7. The van der Waals surface area contributed by atoms with Crippen LogP contribution in [-0.4, -0.2) is 76.8 Å². The van der Waals surface area contributed by atoms with Crippen molar-refractivity contribution in [2.75, 3.05) is 20.1 Å². The molecule has 51 heavy (non-hydrogen) atoms. The van der Waals surface area contributed by atoms with E-state index in [4.69, 9.17) is 0 Å². The Bertz CT molecular complexity index is 1800. The van der Waals surface area contributed by atoms with E-state index >= 15 is 0 Å². The maximum absolute atomic E-state index is 13.9. The number of rotatable bonds is 15. The van der Waals surface area contributed by atoms with Crippen molar-refractivity contribution in [3.8, 4) is 16.9 Å². The Morgan fingerprint density at radius 3 is 2.06 bits per heavy atom. The highest BCUT2D eigenvalue weighted by Crippen LogP contribution is 2.23. The fraction of sp³-hybridized carbons (Fsp3) is 0.250. The number of nitrogens with one attached hydrogen (secondary N) is 4. The zero-order valence-corrected chi connectivity index (χ0v) is 28.8. The van der Waals surface area contributed by atoms with Gasteiger partial charge in [0.2, 0.25) is 17.7 Å². The zero-order valence-electron chi connectivity index (χ0n) is 28.8. The summed E-state index contributed by atoms with van der Waals surface area (Å²) in [5.74, 6) is -1.47. The van der Waals surface area contributed by atoms with E-state index in [-0.39, 0.29) is 30.5 Å². The zero-order chi connectivity index (χ0) is 36.2. The van der Waals surface area contributed by atoms with E-state index in [1.807, 2.05) is 84.9 Å². The van der Waals surface area contributed by atoms with Crippen molar-refractivity contribution >= 4 is 23.6 Å².